The smallest absolute Gasteiger partial charge is 0.0616 e. The maximum Gasteiger partial charge on any atom is 0.0616 e. The molecule has 1 fully saturated rings. The fourth-order valence-corrected chi connectivity index (χ4v) is 2.40. The van der Waals surface area contributed by atoms with Crippen molar-refractivity contribution in [2.75, 3.05) is 39.4 Å². The Morgan fingerprint density at radius 2 is 1.88 bits per heavy atom. The van der Waals surface area contributed by atoms with Gasteiger partial charge < -0.3 is 15.0 Å². The maximum atomic E-state index is 5.40. The van der Waals surface area contributed by atoms with E-state index in [1.807, 2.05) is 6.92 Å². The molecule has 0 aromatic heterocycles. The Bertz CT molecular complexity index is 181. The van der Waals surface area contributed by atoms with Crippen LogP contribution in [-0.2, 0) is 4.74 Å². The van der Waals surface area contributed by atoms with Gasteiger partial charge in [-0.05, 0) is 52.2 Å². The predicted octanol–water partition coefficient (Wildman–Crippen LogP) is 2.12. The van der Waals surface area contributed by atoms with E-state index in [1.54, 1.807) is 0 Å². The van der Waals surface area contributed by atoms with Crippen LogP contribution in [0.5, 0.6) is 0 Å². The highest BCUT2D eigenvalue weighted by Gasteiger charge is 2.13. The van der Waals surface area contributed by atoms with Crippen LogP contribution in [0.2, 0.25) is 0 Å². The van der Waals surface area contributed by atoms with Gasteiger partial charge in [0.15, 0.2) is 0 Å². The van der Waals surface area contributed by atoms with Crippen LogP contribution < -0.4 is 5.32 Å². The summed E-state index contributed by atoms with van der Waals surface area (Å²) in [6.45, 7) is 13.2. The molecule has 3 heteroatoms. The third kappa shape index (κ3) is 7.02. The Morgan fingerprint density at radius 1 is 1.18 bits per heavy atom. The summed E-state index contributed by atoms with van der Waals surface area (Å²) < 4.78 is 5.40. The normalized spacial score (nSPS) is 21.4. The largest absolute Gasteiger partial charge is 0.380 e. The van der Waals surface area contributed by atoms with Gasteiger partial charge in [-0.15, -0.1) is 0 Å². The number of hydrogen-bond acceptors (Lipinski definition) is 3. The zero-order valence-electron chi connectivity index (χ0n) is 11.9. The van der Waals surface area contributed by atoms with Crippen LogP contribution >= 0.6 is 0 Å². The second-order valence-electron chi connectivity index (χ2n) is 5.44. The average Bonchev–Trinajstić information content (AvgIpc) is 2.35. The molecule has 1 aliphatic rings. The van der Waals surface area contributed by atoms with Crippen molar-refractivity contribution in [2.24, 2.45) is 5.92 Å². The monoisotopic (exact) mass is 242 g/mol. The molecule has 1 aliphatic heterocycles. The average molecular weight is 242 g/mol. The van der Waals surface area contributed by atoms with E-state index in [0.717, 1.165) is 25.7 Å². The predicted molar refractivity (Wildman–Crippen MR) is 73.4 cm³/mol. The zero-order chi connectivity index (χ0) is 12.5. The molecule has 2 atom stereocenters. The molecule has 0 radical (unpaired) electrons. The molecule has 1 saturated heterocycles. The molecule has 1 heterocycles. The molecule has 1 rings (SSSR count). The van der Waals surface area contributed by atoms with Gasteiger partial charge >= 0.3 is 0 Å². The minimum Gasteiger partial charge on any atom is -0.380 e. The van der Waals surface area contributed by atoms with Crippen LogP contribution in [0, 0.1) is 5.92 Å². The summed E-state index contributed by atoms with van der Waals surface area (Å²) in [5, 5.41) is 3.56. The molecular weight excluding hydrogens is 212 g/mol. The number of piperidine rings is 1. The van der Waals surface area contributed by atoms with Gasteiger partial charge in [0.2, 0.25) is 0 Å². The van der Waals surface area contributed by atoms with Crippen molar-refractivity contribution in [2.45, 2.75) is 46.1 Å². The molecule has 3 nitrogen and oxygen atoms in total. The quantitative estimate of drug-likeness (QED) is 0.705. The van der Waals surface area contributed by atoms with Crippen molar-refractivity contribution >= 4 is 0 Å². The number of nitrogens with one attached hydrogen (secondary N) is 1. The molecule has 1 N–H and O–H groups in total. The fourth-order valence-electron chi connectivity index (χ4n) is 2.40. The van der Waals surface area contributed by atoms with Crippen LogP contribution in [0.1, 0.15) is 40.0 Å². The highest BCUT2D eigenvalue weighted by molar-refractivity contribution is 4.70. The van der Waals surface area contributed by atoms with Gasteiger partial charge in [0, 0.05) is 19.2 Å². The van der Waals surface area contributed by atoms with E-state index in [1.165, 1.54) is 38.9 Å². The molecule has 0 amide bonds. The summed E-state index contributed by atoms with van der Waals surface area (Å²) in [6, 6.07) is 0.471. The van der Waals surface area contributed by atoms with Gasteiger partial charge in [0.25, 0.3) is 0 Å². The Hall–Kier alpha value is -0.120. The van der Waals surface area contributed by atoms with E-state index in [0.29, 0.717) is 6.04 Å². The number of nitrogens with zero attached hydrogens (tertiary/aromatic N) is 1. The Kier molecular flexibility index (Phi) is 7.82. The van der Waals surface area contributed by atoms with E-state index >= 15 is 0 Å². The first-order valence-corrected chi connectivity index (χ1v) is 7.25. The van der Waals surface area contributed by atoms with Gasteiger partial charge in [-0.1, -0.05) is 13.3 Å². The zero-order valence-corrected chi connectivity index (χ0v) is 11.9. The third-order valence-corrected chi connectivity index (χ3v) is 3.41. The lowest BCUT2D eigenvalue weighted by Gasteiger charge is -2.29. The van der Waals surface area contributed by atoms with Crippen molar-refractivity contribution < 1.29 is 4.74 Å². The Morgan fingerprint density at radius 3 is 2.53 bits per heavy atom. The molecular formula is C14H30N2O. The lowest BCUT2D eigenvalue weighted by Crippen LogP contribution is -2.39. The number of ether oxygens (including phenoxy) is 1. The summed E-state index contributed by atoms with van der Waals surface area (Å²) in [6.07, 6.45) is 4.20. The molecule has 0 bridgehead atoms. The van der Waals surface area contributed by atoms with E-state index in [9.17, 15) is 0 Å². The van der Waals surface area contributed by atoms with Crippen LogP contribution in [0.3, 0.4) is 0 Å². The standard InChI is InChI=1S/C14H30N2O/c1-4-17-12-14(3)15-10-13(2)11-16-8-6-5-7-9-16/h13-15H,4-12H2,1-3H3. The second kappa shape index (κ2) is 8.90. The lowest BCUT2D eigenvalue weighted by atomic mass is 10.1. The maximum absolute atomic E-state index is 5.40. The minimum atomic E-state index is 0.471. The Balaban J connectivity index is 2.05. The molecule has 0 aromatic carbocycles. The van der Waals surface area contributed by atoms with E-state index < -0.39 is 0 Å². The first kappa shape index (κ1) is 14.9. The summed E-state index contributed by atoms with van der Waals surface area (Å²) in [5.74, 6) is 0.733. The summed E-state index contributed by atoms with van der Waals surface area (Å²) in [5.41, 5.74) is 0. The molecule has 0 aliphatic carbocycles. The van der Waals surface area contributed by atoms with Crippen molar-refractivity contribution in [3.8, 4) is 0 Å². The van der Waals surface area contributed by atoms with Crippen molar-refractivity contribution in [1.82, 2.24) is 10.2 Å². The first-order chi connectivity index (χ1) is 8.22. The molecule has 0 aromatic rings. The topological polar surface area (TPSA) is 24.5 Å². The number of rotatable bonds is 8. The number of hydrogen-bond donors (Lipinski definition) is 1. The van der Waals surface area contributed by atoms with Gasteiger partial charge in [0.05, 0.1) is 6.61 Å². The third-order valence-electron chi connectivity index (χ3n) is 3.41. The van der Waals surface area contributed by atoms with Crippen LogP contribution in [0.25, 0.3) is 0 Å². The highest BCUT2D eigenvalue weighted by Crippen LogP contribution is 2.10. The Labute approximate surface area is 107 Å². The van der Waals surface area contributed by atoms with Crippen LogP contribution in [0.4, 0.5) is 0 Å². The van der Waals surface area contributed by atoms with Crippen LogP contribution in [-0.4, -0.2) is 50.3 Å². The fraction of sp³-hybridized carbons (Fsp3) is 1.00. The first-order valence-electron chi connectivity index (χ1n) is 7.25. The molecule has 102 valence electrons. The van der Waals surface area contributed by atoms with Crippen molar-refractivity contribution in [3.63, 3.8) is 0 Å². The van der Waals surface area contributed by atoms with Crippen molar-refractivity contribution in [3.05, 3.63) is 0 Å². The second-order valence-corrected chi connectivity index (χ2v) is 5.44. The van der Waals surface area contributed by atoms with Gasteiger partial charge in [-0.3, -0.25) is 0 Å². The lowest BCUT2D eigenvalue weighted by molar-refractivity contribution is 0.124. The van der Waals surface area contributed by atoms with E-state index in [-0.39, 0.29) is 0 Å². The van der Waals surface area contributed by atoms with Gasteiger partial charge in [0.1, 0.15) is 0 Å². The SMILES string of the molecule is CCOCC(C)NCC(C)CN1CCCCC1. The molecule has 0 spiro atoms. The van der Waals surface area contributed by atoms with Gasteiger partial charge in [-0.2, -0.15) is 0 Å². The van der Waals surface area contributed by atoms with Gasteiger partial charge in [-0.25, -0.2) is 0 Å². The summed E-state index contributed by atoms with van der Waals surface area (Å²) >= 11 is 0. The van der Waals surface area contributed by atoms with Crippen molar-refractivity contribution in [1.29, 1.82) is 0 Å². The molecule has 17 heavy (non-hydrogen) atoms. The molecule has 0 saturated carbocycles. The van der Waals surface area contributed by atoms with E-state index in [2.05, 4.69) is 24.1 Å². The molecule has 2 unspecified atom stereocenters. The summed E-state index contributed by atoms with van der Waals surface area (Å²) in [7, 11) is 0. The van der Waals surface area contributed by atoms with Crippen LogP contribution in [0.15, 0.2) is 0 Å². The highest BCUT2D eigenvalue weighted by atomic mass is 16.5. The summed E-state index contributed by atoms with van der Waals surface area (Å²) in [4.78, 5) is 2.61. The van der Waals surface area contributed by atoms with E-state index in [4.69, 9.17) is 4.74 Å². The number of likely N-dealkylation sites (tertiary alicyclic amines) is 1. The minimum absolute atomic E-state index is 0.471.